The van der Waals surface area contributed by atoms with E-state index < -0.39 is 0 Å². The minimum absolute atomic E-state index is 0. The fraction of sp³-hybridized carbons (Fsp3) is 0.500. The van der Waals surface area contributed by atoms with Crippen molar-refractivity contribution in [2.24, 2.45) is 5.92 Å². The van der Waals surface area contributed by atoms with Gasteiger partial charge in [-0.05, 0) is 19.3 Å². The summed E-state index contributed by atoms with van der Waals surface area (Å²) < 4.78 is 2.01. The van der Waals surface area contributed by atoms with Crippen molar-refractivity contribution in [2.45, 2.75) is 31.3 Å². The SMILES string of the molecule is Br.Nc1nc(NC2CC2)c2ncn([C@H]3C=C[C@@H](CO)C3)c2n1.O. The minimum atomic E-state index is 0. The molecule has 4 rings (SSSR count). The molecule has 2 atom stereocenters. The maximum absolute atomic E-state index is 9.26. The lowest BCUT2D eigenvalue weighted by atomic mass is 10.1. The van der Waals surface area contributed by atoms with E-state index in [1.165, 1.54) is 0 Å². The highest BCUT2D eigenvalue weighted by Gasteiger charge is 2.26. The molecule has 0 aromatic carbocycles. The lowest BCUT2D eigenvalue weighted by Gasteiger charge is -2.13. The number of halogens is 1. The molecule has 126 valence electrons. The van der Waals surface area contributed by atoms with Gasteiger partial charge in [-0.1, -0.05) is 12.2 Å². The van der Waals surface area contributed by atoms with E-state index in [0.29, 0.717) is 6.04 Å². The summed E-state index contributed by atoms with van der Waals surface area (Å²) in [6, 6.07) is 0.646. The Labute approximate surface area is 143 Å². The van der Waals surface area contributed by atoms with E-state index in [9.17, 15) is 5.11 Å². The molecular formula is C14H21BrN6O2. The van der Waals surface area contributed by atoms with E-state index in [2.05, 4.69) is 26.3 Å². The normalized spacial score (nSPS) is 22.7. The Balaban J connectivity index is 0.000000960. The summed E-state index contributed by atoms with van der Waals surface area (Å²) >= 11 is 0. The number of hydrogen-bond donors (Lipinski definition) is 3. The predicted molar refractivity (Wildman–Crippen MR) is 93.7 cm³/mol. The number of aliphatic hydroxyl groups is 1. The van der Waals surface area contributed by atoms with Gasteiger partial charge in [-0.3, -0.25) is 0 Å². The van der Waals surface area contributed by atoms with Gasteiger partial charge in [0.05, 0.1) is 12.4 Å². The molecule has 1 saturated carbocycles. The molecule has 2 heterocycles. The third kappa shape index (κ3) is 3.31. The van der Waals surface area contributed by atoms with Crippen LogP contribution >= 0.6 is 17.0 Å². The number of rotatable bonds is 4. The van der Waals surface area contributed by atoms with Gasteiger partial charge < -0.3 is 26.2 Å². The lowest BCUT2D eigenvalue weighted by molar-refractivity contribution is 0.244. The zero-order chi connectivity index (χ0) is 14.4. The van der Waals surface area contributed by atoms with Crippen molar-refractivity contribution in [1.29, 1.82) is 0 Å². The molecule has 0 unspecified atom stereocenters. The lowest BCUT2D eigenvalue weighted by Crippen LogP contribution is -2.10. The largest absolute Gasteiger partial charge is 0.412 e. The molecule has 1 fully saturated rings. The molecule has 6 N–H and O–H groups in total. The monoisotopic (exact) mass is 384 g/mol. The zero-order valence-electron chi connectivity index (χ0n) is 12.5. The van der Waals surface area contributed by atoms with Gasteiger partial charge in [-0.2, -0.15) is 9.97 Å². The number of imidazole rings is 1. The number of fused-ring (bicyclic) bond motifs is 1. The number of allylic oxidation sites excluding steroid dienone is 1. The molecule has 2 aromatic rings. The second kappa shape index (κ2) is 6.81. The highest BCUT2D eigenvalue weighted by atomic mass is 79.9. The van der Waals surface area contributed by atoms with Crippen LogP contribution < -0.4 is 11.1 Å². The van der Waals surface area contributed by atoms with Crippen LogP contribution in [0, 0.1) is 5.92 Å². The zero-order valence-corrected chi connectivity index (χ0v) is 14.2. The van der Waals surface area contributed by atoms with Gasteiger partial charge in [0.2, 0.25) is 5.95 Å². The van der Waals surface area contributed by atoms with Crippen LogP contribution in [0.15, 0.2) is 18.5 Å². The van der Waals surface area contributed by atoms with E-state index in [-0.39, 0.29) is 47.0 Å². The fourth-order valence-electron chi connectivity index (χ4n) is 2.79. The van der Waals surface area contributed by atoms with Crippen molar-refractivity contribution in [3.05, 3.63) is 18.5 Å². The predicted octanol–water partition coefficient (Wildman–Crippen LogP) is 0.845. The summed E-state index contributed by atoms with van der Waals surface area (Å²) in [5, 5.41) is 12.6. The number of hydrogen-bond acceptors (Lipinski definition) is 6. The summed E-state index contributed by atoms with van der Waals surface area (Å²) in [6.07, 6.45) is 9.10. The first-order chi connectivity index (χ1) is 10.2. The van der Waals surface area contributed by atoms with Crippen molar-refractivity contribution in [3.63, 3.8) is 0 Å². The highest BCUT2D eigenvalue weighted by molar-refractivity contribution is 8.93. The molecule has 0 aliphatic heterocycles. The molecule has 0 amide bonds. The van der Waals surface area contributed by atoms with E-state index in [1.54, 1.807) is 6.33 Å². The van der Waals surface area contributed by atoms with Crippen LogP contribution in [0.1, 0.15) is 25.3 Å². The summed E-state index contributed by atoms with van der Waals surface area (Å²) in [4.78, 5) is 13.1. The molecule has 0 bridgehead atoms. The Kier molecular flexibility index (Phi) is 5.23. The number of nitrogen functional groups attached to an aromatic ring is 1. The summed E-state index contributed by atoms with van der Waals surface area (Å²) in [5.74, 6) is 1.18. The highest BCUT2D eigenvalue weighted by Crippen LogP contribution is 2.32. The smallest absolute Gasteiger partial charge is 0.224 e. The molecule has 23 heavy (non-hydrogen) atoms. The second-order valence-corrected chi connectivity index (χ2v) is 5.80. The van der Waals surface area contributed by atoms with Gasteiger partial charge in [0.15, 0.2) is 17.0 Å². The number of nitrogens with one attached hydrogen (secondary N) is 1. The number of anilines is 2. The Morgan fingerprint density at radius 2 is 2.09 bits per heavy atom. The number of aromatic nitrogens is 4. The van der Waals surface area contributed by atoms with Crippen LogP contribution in [0.3, 0.4) is 0 Å². The van der Waals surface area contributed by atoms with Crippen LogP contribution in [-0.2, 0) is 0 Å². The Morgan fingerprint density at radius 1 is 1.30 bits per heavy atom. The Morgan fingerprint density at radius 3 is 2.74 bits per heavy atom. The van der Waals surface area contributed by atoms with E-state index in [1.807, 2.05) is 10.6 Å². The van der Waals surface area contributed by atoms with Gasteiger partial charge in [0.25, 0.3) is 0 Å². The standard InChI is InChI=1S/C14H18N6O.BrH.H2O/c15-14-18-12(17-9-2-3-9)11-13(19-14)20(7-16-11)10-4-1-8(5-10)6-21;;/h1,4,7-10,21H,2-3,5-6H2,(H3,15,17,18,19);1H;1H2/t8-,10+;;/m1../s1. The van der Waals surface area contributed by atoms with E-state index in [4.69, 9.17) is 5.73 Å². The molecule has 0 radical (unpaired) electrons. The molecule has 2 aromatic heterocycles. The Hall–Kier alpha value is -1.71. The van der Waals surface area contributed by atoms with Crippen LogP contribution in [0.2, 0.25) is 0 Å². The first-order valence-electron chi connectivity index (χ1n) is 7.30. The van der Waals surface area contributed by atoms with Crippen molar-refractivity contribution >= 4 is 39.9 Å². The second-order valence-electron chi connectivity index (χ2n) is 5.80. The van der Waals surface area contributed by atoms with Gasteiger partial charge in [-0.25, -0.2) is 4.98 Å². The van der Waals surface area contributed by atoms with Gasteiger partial charge in [-0.15, -0.1) is 17.0 Å². The minimum Gasteiger partial charge on any atom is -0.412 e. The third-order valence-corrected chi connectivity index (χ3v) is 4.10. The fourth-order valence-corrected chi connectivity index (χ4v) is 2.79. The van der Waals surface area contributed by atoms with Gasteiger partial charge in [0.1, 0.15) is 0 Å². The van der Waals surface area contributed by atoms with E-state index in [0.717, 1.165) is 36.2 Å². The molecule has 9 heteroatoms. The molecular weight excluding hydrogens is 364 g/mol. The maximum Gasteiger partial charge on any atom is 0.224 e. The molecule has 2 aliphatic rings. The van der Waals surface area contributed by atoms with Crippen LogP contribution in [0.25, 0.3) is 11.2 Å². The topological polar surface area (TPSA) is 133 Å². The van der Waals surface area contributed by atoms with Crippen LogP contribution in [0.5, 0.6) is 0 Å². The summed E-state index contributed by atoms with van der Waals surface area (Å²) in [6.45, 7) is 0.172. The van der Waals surface area contributed by atoms with Crippen molar-refractivity contribution in [2.75, 3.05) is 17.7 Å². The third-order valence-electron chi connectivity index (χ3n) is 4.10. The average molecular weight is 385 g/mol. The molecule has 0 spiro atoms. The summed E-state index contributed by atoms with van der Waals surface area (Å²) in [7, 11) is 0. The first-order valence-corrected chi connectivity index (χ1v) is 7.30. The van der Waals surface area contributed by atoms with Crippen LogP contribution in [-0.4, -0.2) is 42.8 Å². The molecule has 8 nitrogen and oxygen atoms in total. The number of nitrogens with zero attached hydrogens (tertiary/aromatic N) is 4. The average Bonchev–Trinajstić information content (AvgIpc) is 3.01. The van der Waals surface area contributed by atoms with Gasteiger partial charge >= 0.3 is 0 Å². The number of aliphatic hydroxyl groups excluding tert-OH is 1. The van der Waals surface area contributed by atoms with Crippen molar-refractivity contribution < 1.29 is 10.6 Å². The van der Waals surface area contributed by atoms with Crippen LogP contribution in [0.4, 0.5) is 11.8 Å². The maximum atomic E-state index is 9.26. The van der Waals surface area contributed by atoms with E-state index >= 15 is 0 Å². The quantitative estimate of drug-likeness (QED) is 0.668. The number of nitrogens with two attached hydrogens (primary N) is 1. The molecule has 2 aliphatic carbocycles. The van der Waals surface area contributed by atoms with Crippen molar-refractivity contribution in [1.82, 2.24) is 19.5 Å². The first kappa shape index (κ1) is 17.6. The molecule has 0 saturated heterocycles. The summed E-state index contributed by atoms with van der Waals surface area (Å²) in [5.41, 5.74) is 7.35. The van der Waals surface area contributed by atoms with Gasteiger partial charge in [0, 0.05) is 18.6 Å². The van der Waals surface area contributed by atoms with Crippen molar-refractivity contribution in [3.8, 4) is 0 Å². The Bertz CT molecular complexity index is 715.